The Bertz CT molecular complexity index is 1400. The number of carbonyl (C=O) groups is 1. The lowest BCUT2D eigenvalue weighted by Crippen LogP contribution is -2.51. The lowest BCUT2D eigenvalue weighted by molar-refractivity contribution is -0.0582. The van der Waals surface area contributed by atoms with Gasteiger partial charge in [-0.15, -0.1) is 0 Å². The van der Waals surface area contributed by atoms with Gasteiger partial charge in [-0.1, -0.05) is 156 Å². The van der Waals surface area contributed by atoms with Crippen LogP contribution in [0.5, 0.6) is 0 Å². The average Bonchev–Trinajstić information content (AvgIpc) is 3.91. The van der Waals surface area contributed by atoms with Crippen molar-refractivity contribution in [3.8, 4) is 0 Å². The largest absolute Gasteiger partial charge is 0.446 e. The highest BCUT2D eigenvalue weighted by atomic mass is 16.6. The summed E-state index contributed by atoms with van der Waals surface area (Å²) in [6.07, 6.45) is 43.6. The first-order valence-electron chi connectivity index (χ1n) is 29.4. The number of hydrogen-bond acceptors (Lipinski definition) is 6. The second kappa shape index (κ2) is 31.1. The molecule has 388 valence electrons. The molecule has 0 bridgehead atoms. The third-order valence-electron chi connectivity index (χ3n) is 18.3. The van der Waals surface area contributed by atoms with Gasteiger partial charge in [-0.25, -0.2) is 4.79 Å². The average molecular weight is 938 g/mol. The first kappa shape index (κ1) is 56.5. The number of likely N-dealkylation sites (tertiary alicyclic amines) is 1. The number of rotatable bonds is 35. The third kappa shape index (κ3) is 18.6. The molecule has 5 rings (SSSR count). The number of unbranched alkanes of at least 4 members (excludes halogenated alkanes) is 12. The molecule has 4 fully saturated rings. The molecule has 1 saturated heterocycles. The van der Waals surface area contributed by atoms with E-state index < -0.39 is 0 Å². The Hall–Kier alpha value is -1.41. The number of nitrogens with one attached hydrogen (secondary N) is 1. The number of alkyl carbamates (subject to hydrolysis) is 1. The van der Waals surface area contributed by atoms with Crippen LogP contribution < -0.4 is 5.32 Å². The molecular weight excluding hydrogens is 829 g/mol. The SMILES string of the molecule is CCCCCCCCC=CCCCCCCCCOCC(CN1CCC(CCC)C1)OCCOCCNC(=O)O[C@H]1CC[C@@]2(C)C(=CCC3C2CC[C@@]2(C)C3CC[C@@H]2[C@H](C)CCCC(C)C)C1. The molecule has 3 saturated carbocycles. The van der Waals surface area contributed by atoms with Crippen molar-refractivity contribution >= 4 is 6.09 Å². The Kier molecular flexibility index (Phi) is 26.3. The zero-order valence-corrected chi connectivity index (χ0v) is 45.1. The van der Waals surface area contributed by atoms with Gasteiger partial charge in [-0.3, -0.25) is 0 Å². The zero-order valence-electron chi connectivity index (χ0n) is 45.1. The molecule has 10 atom stereocenters. The zero-order chi connectivity index (χ0) is 47.7. The maximum atomic E-state index is 13.0. The van der Waals surface area contributed by atoms with Gasteiger partial charge in [0.2, 0.25) is 0 Å². The third-order valence-corrected chi connectivity index (χ3v) is 18.3. The quantitative estimate of drug-likeness (QED) is 0.0504. The molecule has 7 heteroatoms. The minimum atomic E-state index is -0.304. The molecule has 0 radical (unpaired) electrons. The predicted molar refractivity (Wildman–Crippen MR) is 282 cm³/mol. The standard InChI is InChI=1S/C60H108N2O5/c1-8-10-11-12-13-14-15-16-17-18-19-20-21-22-23-24-40-65-47-53(46-62-39-35-50(45-62)26-9-2)66-43-42-64-41-38-61-58(63)67-52-33-36-59(6)51(44-52)29-30-54-56-32-31-55(49(5)28-25-27-48(3)4)60(56,7)37-34-57(54)59/h16-17,29,48-50,52-57H,8-15,18-28,30-47H2,1-7H3,(H,61,63)/t49-,50?,52+,53?,54?,55-,56?,57?,59+,60-/m1/s1. The number of hydrogen-bond donors (Lipinski definition) is 1. The number of allylic oxidation sites excluding steroid dienone is 3. The monoisotopic (exact) mass is 937 g/mol. The summed E-state index contributed by atoms with van der Waals surface area (Å²) < 4.78 is 24.6. The van der Waals surface area contributed by atoms with Gasteiger partial charge in [0.15, 0.2) is 0 Å². The van der Waals surface area contributed by atoms with Crippen molar-refractivity contribution in [2.45, 2.75) is 240 Å². The maximum Gasteiger partial charge on any atom is 0.407 e. The highest BCUT2D eigenvalue weighted by Gasteiger charge is 2.59. The van der Waals surface area contributed by atoms with Gasteiger partial charge in [-0.05, 0) is 149 Å². The van der Waals surface area contributed by atoms with Crippen LogP contribution in [0.1, 0.15) is 228 Å². The van der Waals surface area contributed by atoms with E-state index in [0.717, 1.165) is 86.8 Å². The summed E-state index contributed by atoms with van der Waals surface area (Å²) in [6.45, 7) is 23.9. The van der Waals surface area contributed by atoms with Crippen LogP contribution in [0, 0.1) is 52.3 Å². The number of amides is 1. The molecule has 1 aliphatic heterocycles. The number of nitrogens with zero attached hydrogens (tertiary/aromatic N) is 1. The number of carbonyl (C=O) groups excluding carboxylic acids is 1. The van der Waals surface area contributed by atoms with Crippen LogP contribution >= 0.6 is 0 Å². The normalized spacial score (nSPS) is 29.5. The van der Waals surface area contributed by atoms with Crippen molar-refractivity contribution in [1.82, 2.24) is 10.2 Å². The molecule has 0 aromatic carbocycles. The Balaban J connectivity index is 0.916. The van der Waals surface area contributed by atoms with Crippen molar-refractivity contribution in [2.75, 3.05) is 59.2 Å². The van der Waals surface area contributed by atoms with Crippen molar-refractivity contribution in [3.63, 3.8) is 0 Å². The molecule has 0 aromatic rings. The maximum absolute atomic E-state index is 13.0. The molecule has 5 unspecified atom stereocenters. The van der Waals surface area contributed by atoms with Crippen LogP contribution in [-0.4, -0.2) is 82.4 Å². The molecule has 67 heavy (non-hydrogen) atoms. The molecule has 4 aliphatic carbocycles. The summed E-state index contributed by atoms with van der Waals surface area (Å²) in [5.74, 6) is 5.86. The second-order valence-corrected chi connectivity index (χ2v) is 23.8. The summed E-state index contributed by atoms with van der Waals surface area (Å²) in [6, 6.07) is 0. The molecule has 1 N–H and O–H groups in total. The highest BCUT2D eigenvalue weighted by molar-refractivity contribution is 5.67. The van der Waals surface area contributed by atoms with Crippen molar-refractivity contribution in [2.24, 2.45) is 52.3 Å². The van der Waals surface area contributed by atoms with Crippen LogP contribution in [0.4, 0.5) is 4.79 Å². The minimum Gasteiger partial charge on any atom is -0.446 e. The smallest absolute Gasteiger partial charge is 0.407 e. The van der Waals surface area contributed by atoms with E-state index in [1.807, 2.05) is 0 Å². The van der Waals surface area contributed by atoms with Gasteiger partial charge in [-0.2, -0.15) is 0 Å². The lowest BCUT2D eigenvalue weighted by atomic mass is 9.47. The van der Waals surface area contributed by atoms with E-state index in [1.165, 1.54) is 161 Å². The molecule has 1 amide bonds. The van der Waals surface area contributed by atoms with Gasteiger partial charge in [0.1, 0.15) is 6.10 Å². The Morgan fingerprint density at radius 1 is 0.776 bits per heavy atom. The van der Waals surface area contributed by atoms with Gasteiger partial charge >= 0.3 is 6.09 Å². The van der Waals surface area contributed by atoms with Gasteiger partial charge in [0.25, 0.3) is 0 Å². The fourth-order valence-electron chi connectivity index (χ4n) is 14.4. The van der Waals surface area contributed by atoms with Crippen LogP contribution in [0.25, 0.3) is 0 Å². The second-order valence-electron chi connectivity index (χ2n) is 23.8. The summed E-state index contributed by atoms with van der Waals surface area (Å²) in [5.41, 5.74) is 2.36. The Morgan fingerprint density at radius 2 is 1.52 bits per heavy atom. The van der Waals surface area contributed by atoms with Crippen molar-refractivity contribution in [3.05, 3.63) is 23.8 Å². The summed E-state index contributed by atoms with van der Waals surface area (Å²) in [7, 11) is 0. The van der Waals surface area contributed by atoms with Gasteiger partial charge < -0.3 is 29.2 Å². The van der Waals surface area contributed by atoms with Crippen LogP contribution in [0.3, 0.4) is 0 Å². The van der Waals surface area contributed by atoms with Crippen molar-refractivity contribution < 1.29 is 23.7 Å². The number of fused-ring (bicyclic) bond motifs is 5. The fourth-order valence-corrected chi connectivity index (χ4v) is 14.4. The van der Waals surface area contributed by atoms with Gasteiger partial charge in [0.05, 0.1) is 32.5 Å². The molecule has 0 aromatic heterocycles. The van der Waals surface area contributed by atoms with E-state index in [2.05, 4.69) is 76.9 Å². The molecule has 0 spiro atoms. The van der Waals surface area contributed by atoms with E-state index >= 15 is 0 Å². The predicted octanol–water partition coefficient (Wildman–Crippen LogP) is 15.7. The van der Waals surface area contributed by atoms with Crippen LogP contribution in [0.2, 0.25) is 0 Å². The summed E-state index contributed by atoms with van der Waals surface area (Å²) in [5, 5.41) is 2.98. The van der Waals surface area contributed by atoms with Gasteiger partial charge in [0, 0.05) is 32.7 Å². The fraction of sp³-hybridized carbons (Fsp3) is 0.917. The van der Waals surface area contributed by atoms with E-state index in [1.54, 1.807) is 5.57 Å². The summed E-state index contributed by atoms with van der Waals surface area (Å²) >= 11 is 0. The minimum absolute atomic E-state index is 0.0319. The van der Waals surface area contributed by atoms with Crippen LogP contribution in [-0.2, 0) is 18.9 Å². The molecule has 5 aliphatic rings. The first-order chi connectivity index (χ1) is 32.6. The van der Waals surface area contributed by atoms with E-state index in [9.17, 15) is 4.79 Å². The Labute approximate surface area is 414 Å². The Morgan fingerprint density at radius 3 is 2.27 bits per heavy atom. The molecule has 7 nitrogen and oxygen atoms in total. The van der Waals surface area contributed by atoms with E-state index in [4.69, 9.17) is 18.9 Å². The highest BCUT2D eigenvalue weighted by Crippen LogP contribution is 2.67. The number of ether oxygens (including phenoxy) is 4. The topological polar surface area (TPSA) is 69.3 Å². The summed E-state index contributed by atoms with van der Waals surface area (Å²) in [4.78, 5) is 15.6. The van der Waals surface area contributed by atoms with E-state index in [-0.39, 0.29) is 23.7 Å². The van der Waals surface area contributed by atoms with Crippen LogP contribution in [0.15, 0.2) is 23.8 Å². The first-order valence-corrected chi connectivity index (χ1v) is 29.4. The lowest BCUT2D eigenvalue weighted by Gasteiger charge is -2.58. The molecular formula is C60H108N2O5. The van der Waals surface area contributed by atoms with Crippen molar-refractivity contribution in [1.29, 1.82) is 0 Å². The van der Waals surface area contributed by atoms with E-state index in [0.29, 0.717) is 38.4 Å². The molecule has 1 heterocycles.